The molecule has 0 atom stereocenters. The molecule has 1 heterocycles. The van der Waals surface area contributed by atoms with E-state index >= 15 is 0 Å². The zero-order valence-corrected chi connectivity index (χ0v) is 17.1. The fraction of sp³-hybridized carbons (Fsp3) is 0.217. The smallest absolute Gasteiger partial charge is 0.250 e. The molecule has 0 aliphatic heterocycles. The molecule has 0 fully saturated rings. The van der Waals surface area contributed by atoms with Crippen molar-refractivity contribution in [2.24, 2.45) is 0 Å². The molecule has 144 valence electrons. The molecule has 2 aromatic carbocycles. The molecule has 0 radical (unpaired) electrons. The molecule has 1 N–H and O–H groups in total. The van der Waals surface area contributed by atoms with E-state index in [4.69, 9.17) is 4.74 Å². The number of rotatable bonds is 7. The van der Waals surface area contributed by atoms with Crippen molar-refractivity contribution in [3.63, 3.8) is 0 Å². The van der Waals surface area contributed by atoms with Crippen LogP contribution in [0.1, 0.15) is 37.8 Å². The molecule has 0 unspecified atom stereocenters. The van der Waals surface area contributed by atoms with Crippen LogP contribution in [0.25, 0.3) is 17.3 Å². The summed E-state index contributed by atoms with van der Waals surface area (Å²) in [6.45, 7) is 6.92. The summed E-state index contributed by atoms with van der Waals surface area (Å²) in [5.41, 5.74) is 4.09. The number of hydrogen-bond acceptors (Lipinski definition) is 4. The molecule has 28 heavy (non-hydrogen) atoms. The highest BCUT2D eigenvalue weighted by Gasteiger charge is 2.07. The van der Waals surface area contributed by atoms with E-state index in [1.165, 1.54) is 23.0 Å². The molecule has 0 aliphatic carbocycles. The Kier molecular flexibility index (Phi) is 6.61. The number of benzene rings is 2. The van der Waals surface area contributed by atoms with E-state index in [0.717, 1.165) is 22.6 Å². The number of ether oxygens (including phenoxy) is 1. The van der Waals surface area contributed by atoms with Gasteiger partial charge in [0.1, 0.15) is 5.75 Å². The van der Waals surface area contributed by atoms with Crippen molar-refractivity contribution in [2.75, 3.05) is 11.9 Å². The van der Waals surface area contributed by atoms with E-state index in [-0.39, 0.29) is 5.91 Å². The van der Waals surface area contributed by atoms with Gasteiger partial charge in [0.15, 0.2) is 5.13 Å². The number of amides is 1. The van der Waals surface area contributed by atoms with Crippen molar-refractivity contribution in [3.05, 3.63) is 71.1 Å². The molecule has 0 saturated carbocycles. The number of anilines is 1. The molecule has 0 bridgehead atoms. The second kappa shape index (κ2) is 9.33. The summed E-state index contributed by atoms with van der Waals surface area (Å²) >= 11 is 1.41. The third-order valence-corrected chi connectivity index (χ3v) is 4.98. The first kappa shape index (κ1) is 19.8. The Morgan fingerprint density at radius 1 is 1.14 bits per heavy atom. The average Bonchev–Trinajstić information content (AvgIpc) is 3.16. The lowest BCUT2D eigenvalue weighted by atomic mass is 10.0. The van der Waals surface area contributed by atoms with Crippen LogP contribution in [0.5, 0.6) is 5.75 Å². The van der Waals surface area contributed by atoms with Crippen molar-refractivity contribution in [1.82, 2.24) is 4.98 Å². The summed E-state index contributed by atoms with van der Waals surface area (Å²) in [5, 5.41) is 5.33. The maximum atomic E-state index is 12.2. The van der Waals surface area contributed by atoms with Crippen LogP contribution in [-0.2, 0) is 4.79 Å². The van der Waals surface area contributed by atoms with Crippen LogP contribution in [0.4, 0.5) is 5.13 Å². The first-order chi connectivity index (χ1) is 13.5. The average molecular weight is 393 g/mol. The van der Waals surface area contributed by atoms with Crippen molar-refractivity contribution in [1.29, 1.82) is 0 Å². The first-order valence-corrected chi connectivity index (χ1v) is 10.2. The number of nitrogens with zero attached hydrogens (tertiary/aromatic N) is 1. The zero-order valence-electron chi connectivity index (χ0n) is 16.3. The maximum absolute atomic E-state index is 12.2. The van der Waals surface area contributed by atoms with Gasteiger partial charge in [-0.15, -0.1) is 11.3 Å². The van der Waals surface area contributed by atoms with Gasteiger partial charge in [-0.05, 0) is 54.3 Å². The van der Waals surface area contributed by atoms with Gasteiger partial charge in [-0.2, -0.15) is 0 Å². The molecule has 3 rings (SSSR count). The topological polar surface area (TPSA) is 51.2 Å². The van der Waals surface area contributed by atoms with Crippen molar-refractivity contribution in [2.45, 2.75) is 26.7 Å². The Balaban J connectivity index is 1.60. The second-order valence-corrected chi connectivity index (χ2v) is 7.50. The van der Waals surface area contributed by atoms with E-state index in [1.807, 2.05) is 48.7 Å². The van der Waals surface area contributed by atoms with E-state index in [2.05, 4.69) is 36.3 Å². The summed E-state index contributed by atoms with van der Waals surface area (Å²) in [6.07, 6.45) is 3.34. The van der Waals surface area contributed by atoms with Gasteiger partial charge >= 0.3 is 0 Å². The summed E-state index contributed by atoms with van der Waals surface area (Å²) < 4.78 is 5.45. The van der Waals surface area contributed by atoms with Gasteiger partial charge in [0, 0.05) is 17.0 Å². The number of hydrogen-bond donors (Lipinski definition) is 1. The monoisotopic (exact) mass is 392 g/mol. The standard InChI is InChI=1S/C23H24N2O2S/c1-4-27-20-12-10-19(11-13-20)21-15-28-23(24-21)25-22(26)14-7-17-5-8-18(9-6-17)16(2)3/h5-16H,4H2,1-3H3,(H,24,25,26)/b14-7+. The molecule has 1 amide bonds. The minimum atomic E-state index is -0.194. The number of thiazole rings is 1. The molecular formula is C23H24N2O2S. The molecule has 4 nitrogen and oxygen atoms in total. The van der Waals surface area contributed by atoms with Crippen molar-refractivity contribution >= 4 is 28.5 Å². The van der Waals surface area contributed by atoms with E-state index in [1.54, 1.807) is 6.08 Å². The van der Waals surface area contributed by atoms with Gasteiger partial charge < -0.3 is 4.74 Å². The molecule has 0 aliphatic rings. The van der Waals surface area contributed by atoms with Gasteiger partial charge in [-0.3, -0.25) is 10.1 Å². The lowest BCUT2D eigenvalue weighted by Crippen LogP contribution is -2.07. The zero-order chi connectivity index (χ0) is 19.9. The van der Waals surface area contributed by atoms with Crippen LogP contribution < -0.4 is 10.1 Å². The van der Waals surface area contributed by atoms with Gasteiger partial charge in [-0.1, -0.05) is 38.1 Å². The van der Waals surface area contributed by atoms with Crippen LogP contribution in [0.15, 0.2) is 60.0 Å². The Hall–Kier alpha value is -2.92. The fourth-order valence-corrected chi connectivity index (χ4v) is 3.39. The lowest BCUT2D eigenvalue weighted by molar-refractivity contribution is -0.111. The van der Waals surface area contributed by atoms with Gasteiger partial charge in [0.05, 0.1) is 12.3 Å². The van der Waals surface area contributed by atoms with E-state index in [0.29, 0.717) is 17.7 Å². The van der Waals surface area contributed by atoms with Crippen molar-refractivity contribution in [3.8, 4) is 17.0 Å². The summed E-state index contributed by atoms with van der Waals surface area (Å²) in [6, 6.07) is 16.0. The predicted octanol–water partition coefficient (Wildman–Crippen LogP) is 5.98. The van der Waals surface area contributed by atoms with Crippen LogP contribution >= 0.6 is 11.3 Å². The third kappa shape index (κ3) is 5.30. The normalized spacial score (nSPS) is 11.1. The number of nitrogens with one attached hydrogen (secondary N) is 1. The molecule has 5 heteroatoms. The van der Waals surface area contributed by atoms with Crippen molar-refractivity contribution < 1.29 is 9.53 Å². The molecular weight excluding hydrogens is 368 g/mol. The quantitative estimate of drug-likeness (QED) is 0.503. The van der Waals surface area contributed by atoms with Crippen LogP contribution in [-0.4, -0.2) is 17.5 Å². The Bertz CT molecular complexity index is 941. The minimum Gasteiger partial charge on any atom is -0.494 e. The molecule has 3 aromatic rings. The molecule has 0 spiro atoms. The lowest BCUT2D eigenvalue weighted by Gasteiger charge is -2.04. The summed E-state index contributed by atoms with van der Waals surface area (Å²) in [5.74, 6) is 1.14. The van der Waals surface area contributed by atoms with Gasteiger partial charge in [0.25, 0.3) is 0 Å². The van der Waals surface area contributed by atoms with E-state index in [9.17, 15) is 4.79 Å². The highest BCUT2D eigenvalue weighted by atomic mass is 32.1. The SMILES string of the molecule is CCOc1ccc(-c2csc(NC(=O)/C=C/c3ccc(C(C)C)cc3)n2)cc1. The number of carbonyl (C=O) groups is 1. The minimum absolute atomic E-state index is 0.194. The van der Waals surface area contributed by atoms with Crippen LogP contribution in [0.2, 0.25) is 0 Å². The van der Waals surface area contributed by atoms with E-state index < -0.39 is 0 Å². The predicted molar refractivity (Wildman–Crippen MR) is 117 cm³/mol. The first-order valence-electron chi connectivity index (χ1n) is 9.33. The summed E-state index contributed by atoms with van der Waals surface area (Å²) in [7, 11) is 0. The highest BCUT2D eigenvalue weighted by Crippen LogP contribution is 2.26. The largest absolute Gasteiger partial charge is 0.494 e. The fourth-order valence-electron chi connectivity index (χ4n) is 2.66. The Labute approximate surface area is 169 Å². The Morgan fingerprint density at radius 3 is 2.50 bits per heavy atom. The molecule has 0 saturated heterocycles. The maximum Gasteiger partial charge on any atom is 0.250 e. The summed E-state index contributed by atoms with van der Waals surface area (Å²) in [4.78, 5) is 16.7. The number of carbonyl (C=O) groups excluding carboxylic acids is 1. The van der Waals surface area contributed by atoms with Gasteiger partial charge in [-0.25, -0.2) is 4.98 Å². The van der Waals surface area contributed by atoms with Crippen LogP contribution in [0, 0.1) is 0 Å². The Morgan fingerprint density at radius 2 is 1.86 bits per heavy atom. The van der Waals surface area contributed by atoms with Gasteiger partial charge in [0.2, 0.25) is 5.91 Å². The van der Waals surface area contributed by atoms with Crippen LogP contribution in [0.3, 0.4) is 0 Å². The number of aromatic nitrogens is 1. The highest BCUT2D eigenvalue weighted by molar-refractivity contribution is 7.14. The third-order valence-electron chi connectivity index (χ3n) is 4.23. The molecule has 1 aromatic heterocycles. The second-order valence-electron chi connectivity index (χ2n) is 6.64.